The Morgan fingerprint density at radius 2 is 2.29 bits per heavy atom. The topological polar surface area (TPSA) is 62.2 Å². The third-order valence-corrected chi connectivity index (χ3v) is 4.36. The van der Waals surface area contributed by atoms with Crippen LogP contribution in [0.15, 0.2) is 36.7 Å². The number of carbonyl (C=O) groups is 1. The minimum atomic E-state index is -0.161. The third-order valence-electron chi connectivity index (χ3n) is 4.36. The van der Waals surface area contributed by atoms with Crippen LogP contribution in [0.2, 0.25) is 0 Å². The number of aryl methyl sites for hydroxylation is 1. The first-order chi connectivity index (χ1) is 11.6. The number of nitrogens with zero attached hydrogens (tertiary/aromatic N) is 3. The standard InChI is InChI=1S/C18H25N5O/c1-14(13-23-10-4-8-20-23)12-19-18(24)21-16-6-7-17-15(11-16)5-3-9-22(17)2/h4,6-8,10-11,14H,3,5,9,12-13H2,1-2H3,(H2,19,21,24)/t14-/m1/s1. The maximum Gasteiger partial charge on any atom is 0.319 e. The molecule has 0 fully saturated rings. The fourth-order valence-corrected chi connectivity index (χ4v) is 3.10. The van der Waals surface area contributed by atoms with Crippen molar-refractivity contribution in [3.05, 3.63) is 42.2 Å². The zero-order valence-electron chi connectivity index (χ0n) is 14.3. The van der Waals surface area contributed by atoms with E-state index in [0.717, 1.165) is 31.6 Å². The second-order valence-corrected chi connectivity index (χ2v) is 6.54. The molecular weight excluding hydrogens is 302 g/mol. The van der Waals surface area contributed by atoms with E-state index in [9.17, 15) is 4.79 Å². The first-order valence-corrected chi connectivity index (χ1v) is 8.48. The minimum Gasteiger partial charge on any atom is -0.374 e. The summed E-state index contributed by atoms with van der Waals surface area (Å²) in [6, 6.07) is 7.88. The summed E-state index contributed by atoms with van der Waals surface area (Å²) >= 11 is 0. The van der Waals surface area contributed by atoms with Gasteiger partial charge >= 0.3 is 6.03 Å². The summed E-state index contributed by atoms with van der Waals surface area (Å²) in [6.45, 7) is 4.59. The SMILES string of the molecule is C[C@H](CNC(=O)Nc1ccc2c(c1)CCCN2C)Cn1cccn1. The van der Waals surface area contributed by atoms with Crippen molar-refractivity contribution in [2.45, 2.75) is 26.3 Å². The molecule has 2 N–H and O–H groups in total. The lowest BCUT2D eigenvalue weighted by Gasteiger charge is -2.27. The van der Waals surface area contributed by atoms with E-state index in [0.29, 0.717) is 12.5 Å². The molecule has 0 radical (unpaired) electrons. The Balaban J connectivity index is 1.50. The molecule has 1 aromatic carbocycles. The second-order valence-electron chi connectivity index (χ2n) is 6.54. The summed E-state index contributed by atoms with van der Waals surface area (Å²) in [5, 5.41) is 10.0. The van der Waals surface area contributed by atoms with Gasteiger partial charge in [0.2, 0.25) is 0 Å². The van der Waals surface area contributed by atoms with E-state index >= 15 is 0 Å². The summed E-state index contributed by atoms with van der Waals surface area (Å²) in [5.74, 6) is 0.313. The molecule has 2 heterocycles. The summed E-state index contributed by atoms with van der Waals surface area (Å²) < 4.78 is 1.88. The quantitative estimate of drug-likeness (QED) is 0.887. The van der Waals surface area contributed by atoms with Crippen LogP contribution in [0.1, 0.15) is 18.9 Å². The molecule has 6 nitrogen and oxygen atoms in total. The van der Waals surface area contributed by atoms with Crippen molar-refractivity contribution in [1.82, 2.24) is 15.1 Å². The van der Waals surface area contributed by atoms with Gasteiger partial charge in [0.25, 0.3) is 0 Å². The van der Waals surface area contributed by atoms with Crippen LogP contribution in [0.25, 0.3) is 0 Å². The number of aromatic nitrogens is 2. The first kappa shape index (κ1) is 16.4. The third kappa shape index (κ3) is 4.07. The van der Waals surface area contributed by atoms with Crippen molar-refractivity contribution >= 4 is 17.4 Å². The van der Waals surface area contributed by atoms with Crippen molar-refractivity contribution in [3.8, 4) is 0 Å². The average molecular weight is 327 g/mol. The lowest BCUT2D eigenvalue weighted by molar-refractivity contribution is 0.249. The molecule has 0 spiro atoms. The number of rotatable bonds is 5. The molecule has 0 unspecified atom stereocenters. The van der Waals surface area contributed by atoms with Gasteiger partial charge in [-0.05, 0) is 48.6 Å². The monoisotopic (exact) mass is 327 g/mol. The number of carbonyl (C=O) groups excluding carboxylic acids is 1. The molecular formula is C18H25N5O. The Bertz CT molecular complexity index is 683. The first-order valence-electron chi connectivity index (χ1n) is 8.48. The van der Waals surface area contributed by atoms with Crippen molar-refractivity contribution in [3.63, 3.8) is 0 Å². The van der Waals surface area contributed by atoms with E-state index in [1.807, 2.05) is 23.0 Å². The average Bonchev–Trinajstić information content (AvgIpc) is 3.06. The molecule has 0 saturated carbocycles. The zero-order valence-corrected chi connectivity index (χ0v) is 14.3. The van der Waals surface area contributed by atoms with E-state index in [1.54, 1.807) is 6.20 Å². The van der Waals surface area contributed by atoms with Gasteiger partial charge in [-0.25, -0.2) is 4.79 Å². The van der Waals surface area contributed by atoms with E-state index in [-0.39, 0.29) is 6.03 Å². The summed E-state index contributed by atoms with van der Waals surface area (Å²) in [5.41, 5.74) is 3.41. The number of hydrogen-bond acceptors (Lipinski definition) is 3. The number of hydrogen-bond donors (Lipinski definition) is 2. The van der Waals surface area contributed by atoms with Crippen LogP contribution in [-0.2, 0) is 13.0 Å². The van der Waals surface area contributed by atoms with Crippen molar-refractivity contribution in [2.24, 2.45) is 5.92 Å². The van der Waals surface area contributed by atoms with E-state index in [1.165, 1.54) is 11.3 Å². The van der Waals surface area contributed by atoms with Crippen LogP contribution < -0.4 is 15.5 Å². The number of anilines is 2. The smallest absolute Gasteiger partial charge is 0.319 e. The lowest BCUT2D eigenvalue weighted by Crippen LogP contribution is -2.33. The Hall–Kier alpha value is -2.50. The van der Waals surface area contributed by atoms with Crippen LogP contribution in [-0.4, -0.2) is 35.9 Å². The van der Waals surface area contributed by atoms with Crippen LogP contribution in [0.4, 0.5) is 16.2 Å². The summed E-state index contributed by atoms with van der Waals surface area (Å²) in [6.07, 6.45) is 5.92. The number of fused-ring (bicyclic) bond motifs is 1. The highest BCUT2D eigenvalue weighted by Gasteiger charge is 2.14. The Kier molecular flexibility index (Phi) is 5.03. The highest BCUT2D eigenvalue weighted by atomic mass is 16.2. The van der Waals surface area contributed by atoms with Crippen molar-refractivity contribution in [2.75, 3.05) is 30.4 Å². The highest BCUT2D eigenvalue weighted by molar-refractivity contribution is 5.89. The molecule has 0 saturated heterocycles. The maximum atomic E-state index is 12.1. The van der Waals surface area contributed by atoms with Gasteiger partial charge < -0.3 is 15.5 Å². The fraction of sp³-hybridized carbons (Fsp3) is 0.444. The Labute approximate surface area is 142 Å². The van der Waals surface area contributed by atoms with Crippen molar-refractivity contribution in [1.29, 1.82) is 0 Å². The van der Waals surface area contributed by atoms with Crippen LogP contribution >= 0.6 is 0 Å². The molecule has 1 aliphatic heterocycles. The van der Waals surface area contributed by atoms with Crippen LogP contribution in [0, 0.1) is 5.92 Å². The van der Waals surface area contributed by atoms with Gasteiger partial charge in [0.1, 0.15) is 0 Å². The maximum absolute atomic E-state index is 12.1. The van der Waals surface area contributed by atoms with E-state index < -0.39 is 0 Å². The number of nitrogens with one attached hydrogen (secondary N) is 2. The van der Waals surface area contributed by atoms with Crippen LogP contribution in [0.5, 0.6) is 0 Å². The molecule has 6 heteroatoms. The molecule has 2 aromatic rings. The zero-order chi connectivity index (χ0) is 16.9. The molecule has 0 aliphatic carbocycles. The van der Waals surface area contributed by atoms with Gasteiger partial charge in [-0.1, -0.05) is 6.92 Å². The van der Waals surface area contributed by atoms with Gasteiger partial charge in [-0.15, -0.1) is 0 Å². The molecule has 1 aromatic heterocycles. The molecule has 3 rings (SSSR count). The number of urea groups is 1. The molecule has 1 atom stereocenters. The molecule has 1 aliphatic rings. The normalized spacial score (nSPS) is 14.8. The second kappa shape index (κ2) is 7.38. The van der Waals surface area contributed by atoms with Gasteiger partial charge in [-0.2, -0.15) is 5.10 Å². The highest BCUT2D eigenvalue weighted by Crippen LogP contribution is 2.28. The Morgan fingerprint density at radius 1 is 1.42 bits per heavy atom. The number of amides is 2. The number of benzene rings is 1. The van der Waals surface area contributed by atoms with Crippen molar-refractivity contribution < 1.29 is 4.79 Å². The van der Waals surface area contributed by atoms with E-state index in [2.05, 4.69) is 46.7 Å². The summed E-state index contributed by atoms with van der Waals surface area (Å²) in [7, 11) is 2.11. The van der Waals surface area contributed by atoms with Gasteiger partial charge in [0.05, 0.1) is 0 Å². The predicted octanol–water partition coefficient (Wildman–Crippen LogP) is 2.72. The largest absolute Gasteiger partial charge is 0.374 e. The van der Waals surface area contributed by atoms with Gasteiger partial charge in [0.15, 0.2) is 0 Å². The lowest BCUT2D eigenvalue weighted by atomic mass is 10.0. The summed E-state index contributed by atoms with van der Waals surface area (Å²) in [4.78, 5) is 14.4. The Morgan fingerprint density at radius 3 is 3.08 bits per heavy atom. The molecule has 24 heavy (non-hydrogen) atoms. The van der Waals surface area contributed by atoms with Crippen LogP contribution in [0.3, 0.4) is 0 Å². The van der Waals surface area contributed by atoms with E-state index in [4.69, 9.17) is 0 Å². The molecule has 2 amide bonds. The molecule has 0 bridgehead atoms. The van der Waals surface area contributed by atoms with Gasteiger partial charge in [0, 0.05) is 50.5 Å². The predicted molar refractivity (Wildman–Crippen MR) is 96.4 cm³/mol. The minimum absolute atomic E-state index is 0.161. The fourth-order valence-electron chi connectivity index (χ4n) is 3.10. The molecule has 128 valence electrons. The van der Waals surface area contributed by atoms with Gasteiger partial charge in [-0.3, -0.25) is 4.68 Å².